The van der Waals surface area contributed by atoms with Gasteiger partial charge in [-0.1, -0.05) is 41.4 Å². The molecule has 0 radical (unpaired) electrons. The Morgan fingerprint density at radius 2 is 1.91 bits per heavy atom. The van der Waals surface area contributed by atoms with E-state index in [0.29, 0.717) is 10.0 Å². The molecule has 116 valence electrons. The molecule has 2 aromatic rings. The van der Waals surface area contributed by atoms with Gasteiger partial charge in [0.25, 0.3) is 0 Å². The van der Waals surface area contributed by atoms with Crippen molar-refractivity contribution in [3.8, 4) is 0 Å². The highest BCUT2D eigenvalue weighted by Crippen LogP contribution is 2.23. The summed E-state index contributed by atoms with van der Waals surface area (Å²) in [4.78, 5) is 12.0. The van der Waals surface area contributed by atoms with Crippen molar-refractivity contribution in [3.63, 3.8) is 0 Å². The quantitative estimate of drug-likeness (QED) is 0.838. The van der Waals surface area contributed by atoms with Crippen LogP contribution in [0.4, 0.5) is 5.69 Å². The third-order valence-electron chi connectivity index (χ3n) is 3.46. The van der Waals surface area contributed by atoms with Crippen molar-refractivity contribution in [3.05, 3.63) is 63.6 Å². The minimum absolute atomic E-state index is 0.0323. The smallest absolute Gasteiger partial charge is 0.238 e. The van der Waals surface area contributed by atoms with Crippen LogP contribution < -0.4 is 10.6 Å². The van der Waals surface area contributed by atoms with Gasteiger partial charge in [-0.05, 0) is 49.2 Å². The van der Waals surface area contributed by atoms with Gasteiger partial charge in [-0.25, -0.2) is 0 Å². The molecule has 1 amide bonds. The van der Waals surface area contributed by atoms with Crippen LogP contribution in [0.5, 0.6) is 0 Å². The molecule has 2 N–H and O–H groups in total. The van der Waals surface area contributed by atoms with Crippen LogP contribution in [0.1, 0.15) is 24.1 Å². The van der Waals surface area contributed by atoms with Crippen molar-refractivity contribution in [2.24, 2.45) is 0 Å². The highest BCUT2D eigenvalue weighted by Gasteiger charge is 2.10. The predicted molar refractivity (Wildman–Crippen MR) is 92.7 cm³/mol. The first kappa shape index (κ1) is 16.8. The lowest BCUT2D eigenvalue weighted by Crippen LogP contribution is -2.30. The normalized spacial score (nSPS) is 12.0. The topological polar surface area (TPSA) is 41.1 Å². The molecule has 0 aliphatic carbocycles. The van der Waals surface area contributed by atoms with Crippen molar-refractivity contribution in [1.29, 1.82) is 0 Å². The molecule has 0 bridgehead atoms. The minimum Gasteiger partial charge on any atom is -0.325 e. The summed E-state index contributed by atoms with van der Waals surface area (Å²) in [6.07, 6.45) is 0. The predicted octanol–water partition coefficient (Wildman–Crippen LogP) is 4.59. The maximum absolute atomic E-state index is 12.0. The molecule has 5 heteroatoms. The van der Waals surface area contributed by atoms with Crippen LogP contribution in [0.2, 0.25) is 10.0 Å². The van der Waals surface area contributed by atoms with Gasteiger partial charge in [-0.2, -0.15) is 0 Å². The van der Waals surface area contributed by atoms with Gasteiger partial charge < -0.3 is 10.6 Å². The van der Waals surface area contributed by atoms with Crippen molar-refractivity contribution >= 4 is 34.8 Å². The zero-order valence-electron chi connectivity index (χ0n) is 12.5. The number of hydrogen-bond acceptors (Lipinski definition) is 2. The molecule has 2 aromatic carbocycles. The van der Waals surface area contributed by atoms with Gasteiger partial charge in [-0.15, -0.1) is 0 Å². The number of halogens is 2. The van der Waals surface area contributed by atoms with Crippen LogP contribution in [-0.2, 0) is 4.79 Å². The van der Waals surface area contributed by atoms with Gasteiger partial charge in [-0.3, -0.25) is 4.79 Å². The van der Waals surface area contributed by atoms with E-state index in [1.165, 1.54) is 0 Å². The summed E-state index contributed by atoms with van der Waals surface area (Å²) in [6.45, 7) is 4.07. The van der Waals surface area contributed by atoms with Crippen LogP contribution in [0.15, 0.2) is 42.5 Å². The Hall–Kier alpha value is -1.55. The van der Waals surface area contributed by atoms with E-state index in [1.807, 2.05) is 50.2 Å². The van der Waals surface area contributed by atoms with Crippen LogP contribution in [-0.4, -0.2) is 12.5 Å². The zero-order chi connectivity index (χ0) is 16.1. The van der Waals surface area contributed by atoms with Crippen molar-refractivity contribution in [2.75, 3.05) is 11.9 Å². The largest absolute Gasteiger partial charge is 0.325 e. The van der Waals surface area contributed by atoms with E-state index in [9.17, 15) is 4.79 Å². The summed E-state index contributed by atoms with van der Waals surface area (Å²) >= 11 is 12.0. The van der Waals surface area contributed by atoms with Gasteiger partial charge in [0.2, 0.25) is 5.91 Å². The van der Waals surface area contributed by atoms with Gasteiger partial charge in [0, 0.05) is 21.8 Å². The number of amides is 1. The summed E-state index contributed by atoms with van der Waals surface area (Å²) < 4.78 is 0. The molecule has 0 aliphatic rings. The monoisotopic (exact) mass is 336 g/mol. The molecule has 0 aliphatic heterocycles. The van der Waals surface area contributed by atoms with Crippen molar-refractivity contribution in [1.82, 2.24) is 5.32 Å². The fraction of sp³-hybridized carbons (Fsp3) is 0.235. The van der Waals surface area contributed by atoms with E-state index < -0.39 is 0 Å². The summed E-state index contributed by atoms with van der Waals surface area (Å²) in [5.74, 6) is -0.112. The Kier molecular flexibility index (Phi) is 5.83. The molecule has 0 saturated carbocycles. The van der Waals surface area contributed by atoms with Crippen molar-refractivity contribution < 1.29 is 4.79 Å². The molecule has 0 aromatic heterocycles. The third kappa shape index (κ3) is 4.47. The lowest BCUT2D eigenvalue weighted by molar-refractivity contribution is -0.115. The molecule has 0 fully saturated rings. The van der Waals surface area contributed by atoms with Gasteiger partial charge in [0.05, 0.1) is 6.54 Å². The first-order valence-electron chi connectivity index (χ1n) is 7.01. The number of anilines is 1. The molecule has 3 nitrogen and oxygen atoms in total. The molecule has 0 unspecified atom stereocenters. The Morgan fingerprint density at radius 1 is 1.18 bits per heavy atom. The van der Waals surface area contributed by atoms with Gasteiger partial charge >= 0.3 is 0 Å². The Bertz CT molecular complexity index is 673. The summed E-state index contributed by atoms with van der Waals surface area (Å²) in [5, 5.41) is 7.36. The number of carbonyl (C=O) groups is 1. The van der Waals surface area contributed by atoms with Crippen LogP contribution in [0, 0.1) is 6.92 Å². The maximum Gasteiger partial charge on any atom is 0.238 e. The van der Waals surface area contributed by atoms with Gasteiger partial charge in [0.15, 0.2) is 0 Å². The molecular weight excluding hydrogens is 319 g/mol. The average molecular weight is 337 g/mol. The molecule has 0 saturated heterocycles. The number of rotatable bonds is 5. The van der Waals surface area contributed by atoms with E-state index in [1.54, 1.807) is 6.07 Å². The lowest BCUT2D eigenvalue weighted by atomic mass is 10.1. The molecule has 2 rings (SSSR count). The number of carbonyl (C=O) groups excluding carboxylic acids is 1. The summed E-state index contributed by atoms with van der Waals surface area (Å²) in [5.41, 5.74) is 2.63. The Labute approximate surface area is 140 Å². The summed E-state index contributed by atoms with van der Waals surface area (Å²) in [7, 11) is 0. The fourth-order valence-electron chi connectivity index (χ4n) is 2.08. The van der Waals surface area contributed by atoms with Crippen LogP contribution >= 0.6 is 23.2 Å². The zero-order valence-corrected chi connectivity index (χ0v) is 14.0. The second kappa shape index (κ2) is 7.63. The molecule has 1 atom stereocenters. The average Bonchev–Trinajstić information content (AvgIpc) is 2.49. The van der Waals surface area contributed by atoms with Crippen molar-refractivity contribution in [2.45, 2.75) is 19.9 Å². The highest BCUT2D eigenvalue weighted by atomic mass is 35.5. The van der Waals surface area contributed by atoms with Crippen LogP contribution in [0.3, 0.4) is 0 Å². The minimum atomic E-state index is -0.112. The fourth-order valence-corrected chi connectivity index (χ4v) is 2.45. The third-order valence-corrected chi connectivity index (χ3v) is 4.10. The number of benzene rings is 2. The Morgan fingerprint density at radius 3 is 2.64 bits per heavy atom. The van der Waals surface area contributed by atoms with E-state index in [4.69, 9.17) is 23.2 Å². The molecule has 22 heavy (non-hydrogen) atoms. The van der Waals surface area contributed by atoms with Crippen LogP contribution in [0.25, 0.3) is 0 Å². The second-order valence-electron chi connectivity index (χ2n) is 5.12. The van der Waals surface area contributed by atoms with E-state index in [2.05, 4.69) is 10.6 Å². The van der Waals surface area contributed by atoms with Gasteiger partial charge in [0.1, 0.15) is 0 Å². The van der Waals surface area contributed by atoms with E-state index >= 15 is 0 Å². The molecular formula is C17H18Cl2N2O. The Balaban J connectivity index is 1.91. The standard InChI is InChI=1S/C17H18Cl2N2O/c1-11-15(19)7-4-8-16(11)21-17(22)10-20-12(2)13-5-3-6-14(18)9-13/h3-9,12,20H,10H2,1-2H3,(H,21,22)/t12-/m1/s1. The highest BCUT2D eigenvalue weighted by molar-refractivity contribution is 6.31. The number of nitrogens with one attached hydrogen (secondary N) is 2. The molecule has 0 spiro atoms. The number of hydrogen-bond donors (Lipinski definition) is 2. The lowest BCUT2D eigenvalue weighted by Gasteiger charge is -2.15. The first-order chi connectivity index (χ1) is 10.5. The summed E-state index contributed by atoms with van der Waals surface area (Å²) in [6, 6.07) is 13.1. The maximum atomic E-state index is 12.0. The SMILES string of the molecule is Cc1c(Cl)cccc1NC(=O)CN[C@H](C)c1cccc(Cl)c1. The second-order valence-corrected chi connectivity index (χ2v) is 5.96. The molecule has 0 heterocycles. The first-order valence-corrected chi connectivity index (χ1v) is 7.77. The van der Waals surface area contributed by atoms with E-state index in [0.717, 1.165) is 16.8 Å². The van der Waals surface area contributed by atoms with E-state index in [-0.39, 0.29) is 18.5 Å².